The Kier molecular flexibility index (Phi) is 5.91. The number of benzene rings is 2. The average molecular weight is 365 g/mol. The number of fused-ring (bicyclic) bond motifs is 1. The molecule has 0 saturated heterocycles. The number of carboxylic acids is 1. The summed E-state index contributed by atoms with van der Waals surface area (Å²) >= 11 is 0. The first kappa shape index (κ1) is 18.7. The van der Waals surface area contributed by atoms with Crippen molar-refractivity contribution in [2.45, 2.75) is 32.2 Å². The van der Waals surface area contributed by atoms with Crippen LogP contribution in [0.1, 0.15) is 35.2 Å². The molecule has 0 aliphatic heterocycles. The number of aromatic nitrogens is 1. The number of aliphatic carboxylic acids is 1. The smallest absolute Gasteiger partial charge is 0.303 e. The summed E-state index contributed by atoms with van der Waals surface area (Å²) in [5, 5.41) is 9.71. The zero-order chi connectivity index (χ0) is 19.2. The minimum absolute atomic E-state index is 0.0417. The maximum absolute atomic E-state index is 13.0. The van der Waals surface area contributed by atoms with E-state index in [0.29, 0.717) is 24.3 Å². The van der Waals surface area contributed by atoms with Gasteiger partial charge in [-0.15, -0.1) is 0 Å². The minimum Gasteiger partial charge on any atom is -0.496 e. The Morgan fingerprint density at radius 3 is 2.56 bits per heavy atom. The molecule has 0 atom stereocenters. The Morgan fingerprint density at radius 2 is 1.78 bits per heavy atom. The highest BCUT2D eigenvalue weighted by atomic mass is 16.5. The molecule has 3 rings (SSSR count). The quantitative estimate of drug-likeness (QED) is 0.453. The molecular weight excluding hydrogens is 342 g/mol. The second-order valence-electron chi connectivity index (χ2n) is 6.52. The van der Waals surface area contributed by atoms with Crippen LogP contribution in [0, 0.1) is 0 Å². The van der Waals surface area contributed by atoms with Crippen molar-refractivity contribution in [3.63, 3.8) is 0 Å². The molecular formula is C22H23NO4. The van der Waals surface area contributed by atoms with Gasteiger partial charge in [0.2, 0.25) is 0 Å². The van der Waals surface area contributed by atoms with Gasteiger partial charge in [0.05, 0.1) is 7.11 Å². The second kappa shape index (κ2) is 8.54. The summed E-state index contributed by atoms with van der Waals surface area (Å²) in [5.41, 5.74) is 2.55. The van der Waals surface area contributed by atoms with Gasteiger partial charge in [0, 0.05) is 47.6 Å². The highest BCUT2D eigenvalue weighted by molar-refractivity contribution is 6.09. The van der Waals surface area contributed by atoms with Crippen molar-refractivity contribution in [1.82, 2.24) is 4.57 Å². The Bertz CT molecular complexity index is 958. The molecule has 0 fully saturated rings. The van der Waals surface area contributed by atoms with Gasteiger partial charge in [-0.1, -0.05) is 36.4 Å². The Hall–Kier alpha value is -3.08. The number of unbranched alkanes of at least 4 members (excludes halogenated alkanes) is 1. The fourth-order valence-corrected chi connectivity index (χ4v) is 3.33. The minimum atomic E-state index is -0.778. The zero-order valence-electron chi connectivity index (χ0n) is 15.4. The lowest BCUT2D eigenvalue weighted by atomic mass is 10.0. The van der Waals surface area contributed by atoms with E-state index in [9.17, 15) is 9.59 Å². The van der Waals surface area contributed by atoms with Crippen LogP contribution in [0.4, 0.5) is 0 Å². The van der Waals surface area contributed by atoms with Crippen LogP contribution in [-0.4, -0.2) is 28.5 Å². The fraction of sp³-hybridized carbons (Fsp3) is 0.273. The number of ketones is 1. The van der Waals surface area contributed by atoms with E-state index in [1.54, 1.807) is 7.11 Å². The number of aryl methyl sites for hydroxylation is 1. The molecule has 0 aliphatic carbocycles. The first-order valence-electron chi connectivity index (χ1n) is 9.05. The van der Waals surface area contributed by atoms with Crippen molar-refractivity contribution in [3.05, 3.63) is 65.9 Å². The average Bonchev–Trinajstić information content (AvgIpc) is 3.04. The molecule has 5 heteroatoms. The Balaban J connectivity index is 1.83. The Labute approximate surface area is 158 Å². The van der Waals surface area contributed by atoms with Crippen molar-refractivity contribution in [2.75, 3.05) is 7.11 Å². The predicted molar refractivity (Wildman–Crippen MR) is 104 cm³/mol. The molecule has 0 unspecified atom stereocenters. The first-order chi connectivity index (χ1) is 13.1. The van der Waals surface area contributed by atoms with Crippen LogP contribution in [0.2, 0.25) is 0 Å². The van der Waals surface area contributed by atoms with Crippen molar-refractivity contribution >= 4 is 22.7 Å². The first-order valence-corrected chi connectivity index (χ1v) is 9.05. The van der Waals surface area contributed by atoms with Crippen LogP contribution >= 0.6 is 0 Å². The topological polar surface area (TPSA) is 68.5 Å². The van der Waals surface area contributed by atoms with E-state index in [-0.39, 0.29) is 18.6 Å². The summed E-state index contributed by atoms with van der Waals surface area (Å²) in [6, 6.07) is 15.4. The van der Waals surface area contributed by atoms with Gasteiger partial charge in [-0.3, -0.25) is 9.59 Å². The Morgan fingerprint density at radius 1 is 1.04 bits per heavy atom. The van der Waals surface area contributed by atoms with Crippen molar-refractivity contribution < 1.29 is 19.4 Å². The molecule has 0 spiro atoms. The molecule has 1 aromatic heterocycles. The van der Waals surface area contributed by atoms with Gasteiger partial charge in [0.25, 0.3) is 0 Å². The van der Waals surface area contributed by atoms with Gasteiger partial charge >= 0.3 is 5.97 Å². The highest BCUT2D eigenvalue weighted by Gasteiger charge is 2.16. The third-order valence-corrected chi connectivity index (χ3v) is 4.67. The highest BCUT2D eigenvalue weighted by Crippen LogP contribution is 2.25. The van der Waals surface area contributed by atoms with Crippen LogP contribution in [0.3, 0.4) is 0 Å². The molecule has 0 amide bonds. The summed E-state index contributed by atoms with van der Waals surface area (Å²) in [7, 11) is 1.60. The van der Waals surface area contributed by atoms with E-state index in [1.807, 2.05) is 59.3 Å². The standard InChI is InChI=1S/C22H23NO4/c1-27-21-11-5-2-8-16(21)14-20(24)18-15-23(13-7-6-12-22(25)26)19-10-4-3-9-17(18)19/h2-5,8-11,15H,6-7,12-14H2,1H3,(H,25,26). The van der Waals surface area contributed by atoms with Gasteiger partial charge in [-0.2, -0.15) is 0 Å². The largest absolute Gasteiger partial charge is 0.496 e. The number of hydrogen-bond donors (Lipinski definition) is 1. The lowest BCUT2D eigenvalue weighted by molar-refractivity contribution is -0.137. The number of carbonyl (C=O) groups is 2. The van der Waals surface area contributed by atoms with Gasteiger partial charge < -0.3 is 14.4 Å². The van der Waals surface area contributed by atoms with Crippen LogP contribution < -0.4 is 4.74 Å². The lowest BCUT2D eigenvalue weighted by Gasteiger charge is -2.07. The third kappa shape index (κ3) is 4.37. The molecule has 0 saturated carbocycles. The molecule has 1 heterocycles. The molecule has 0 aliphatic rings. The van der Waals surface area contributed by atoms with E-state index < -0.39 is 5.97 Å². The van der Waals surface area contributed by atoms with Gasteiger partial charge in [0.1, 0.15) is 5.75 Å². The molecule has 0 radical (unpaired) electrons. The van der Waals surface area contributed by atoms with E-state index in [1.165, 1.54) is 0 Å². The number of hydrogen-bond acceptors (Lipinski definition) is 3. The monoisotopic (exact) mass is 365 g/mol. The molecule has 140 valence electrons. The number of Topliss-reactive ketones (excluding diaryl/α,β-unsaturated/α-hetero) is 1. The van der Waals surface area contributed by atoms with Gasteiger partial charge in [0.15, 0.2) is 5.78 Å². The van der Waals surface area contributed by atoms with Crippen molar-refractivity contribution in [3.8, 4) is 5.75 Å². The summed E-state index contributed by atoms with van der Waals surface area (Å²) < 4.78 is 7.40. The number of para-hydroxylation sites is 2. The van der Waals surface area contributed by atoms with Gasteiger partial charge in [-0.25, -0.2) is 0 Å². The maximum atomic E-state index is 13.0. The normalized spacial score (nSPS) is 10.9. The molecule has 2 aromatic carbocycles. The number of nitrogens with zero attached hydrogens (tertiary/aromatic N) is 1. The number of carboxylic acid groups (broad SMARTS) is 1. The zero-order valence-corrected chi connectivity index (χ0v) is 15.4. The van der Waals surface area contributed by atoms with Crippen molar-refractivity contribution in [2.24, 2.45) is 0 Å². The number of ether oxygens (including phenoxy) is 1. The molecule has 1 N–H and O–H groups in total. The van der Waals surface area contributed by atoms with E-state index in [4.69, 9.17) is 9.84 Å². The molecule has 27 heavy (non-hydrogen) atoms. The van der Waals surface area contributed by atoms with Crippen LogP contribution in [0.25, 0.3) is 10.9 Å². The second-order valence-corrected chi connectivity index (χ2v) is 6.52. The van der Waals surface area contributed by atoms with Crippen LogP contribution in [-0.2, 0) is 17.8 Å². The summed E-state index contributed by atoms with van der Waals surface area (Å²) in [4.78, 5) is 23.7. The summed E-state index contributed by atoms with van der Waals surface area (Å²) in [6.07, 6.45) is 3.70. The van der Waals surface area contributed by atoms with E-state index in [2.05, 4.69) is 0 Å². The third-order valence-electron chi connectivity index (χ3n) is 4.67. The van der Waals surface area contributed by atoms with Crippen LogP contribution in [0.5, 0.6) is 5.75 Å². The fourth-order valence-electron chi connectivity index (χ4n) is 3.33. The number of carbonyl (C=O) groups excluding carboxylic acids is 1. The predicted octanol–water partition coefficient (Wildman–Crippen LogP) is 4.33. The molecule has 0 bridgehead atoms. The van der Waals surface area contributed by atoms with E-state index >= 15 is 0 Å². The van der Waals surface area contributed by atoms with Gasteiger partial charge in [-0.05, 0) is 25.0 Å². The van der Waals surface area contributed by atoms with E-state index in [0.717, 1.165) is 22.9 Å². The van der Waals surface area contributed by atoms with Crippen LogP contribution in [0.15, 0.2) is 54.7 Å². The number of methoxy groups -OCH3 is 1. The number of rotatable bonds is 9. The maximum Gasteiger partial charge on any atom is 0.303 e. The molecule has 5 nitrogen and oxygen atoms in total. The summed E-state index contributed by atoms with van der Waals surface area (Å²) in [5.74, 6) is -0.0247. The van der Waals surface area contributed by atoms with Crippen molar-refractivity contribution in [1.29, 1.82) is 0 Å². The summed E-state index contributed by atoms with van der Waals surface area (Å²) in [6.45, 7) is 0.690. The molecule has 3 aromatic rings. The lowest BCUT2D eigenvalue weighted by Crippen LogP contribution is -2.05. The SMILES string of the molecule is COc1ccccc1CC(=O)c1cn(CCCCC(=O)O)c2ccccc12.